The van der Waals surface area contributed by atoms with E-state index in [9.17, 15) is 26.2 Å². The number of nitrogens with zero attached hydrogens (tertiary/aromatic N) is 3. The molecule has 0 saturated carbocycles. The van der Waals surface area contributed by atoms with Crippen LogP contribution in [0.25, 0.3) is 0 Å². The third-order valence-corrected chi connectivity index (χ3v) is 6.35. The molecule has 19 heteroatoms. The molecule has 2 N–H and O–H groups in total. The van der Waals surface area contributed by atoms with Crippen molar-refractivity contribution in [3.8, 4) is 5.75 Å². The van der Waals surface area contributed by atoms with Crippen LogP contribution in [0.2, 0.25) is 5.02 Å². The Morgan fingerprint density at radius 1 is 1.12 bits per heavy atom. The second-order valence-corrected chi connectivity index (χ2v) is 11.7. The van der Waals surface area contributed by atoms with Gasteiger partial charge in [0.2, 0.25) is 10.0 Å². The Hall–Kier alpha value is 0.880. The average Bonchev–Trinajstić information content (AvgIpc) is 2.53. The van der Waals surface area contributed by atoms with Gasteiger partial charge >= 0.3 is 13.9 Å². The second-order valence-electron chi connectivity index (χ2n) is 5.98. The van der Waals surface area contributed by atoms with Gasteiger partial charge in [-0.05, 0) is 12.1 Å². The molecule has 0 aliphatic rings. The van der Waals surface area contributed by atoms with Crippen LogP contribution in [0.1, 0.15) is 5.56 Å². The minimum Gasteiger partial charge on any atom is -0.404 e. The summed E-state index contributed by atoms with van der Waals surface area (Å²) in [5.74, 6) is -0.643. The van der Waals surface area contributed by atoms with E-state index in [4.69, 9.17) is 33.0 Å². The number of phosphoric ester groups is 1. The third-order valence-electron chi connectivity index (χ3n) is 3.32. The number of sulfonamides is 2. The molecule has 174 valence electrons. The van der Waals surface area contributed by atoms with Gasteiger partial charge in [-0.15, -0.1) is 16.0 Å². The molecule has 0 spiro atoms. The minimum absolute atomic E-state index is 0. The van der Waals surface area contributed by atoms with E-state index in [-0.39, 0.29) is 85.7 Å². The van der Waals surface area contributed by atoms with Crippen LogP contribution in [-0.4, -0.2) is 137 Å². The molecule has 12 nitrogen and oxygen atoms in total. The Balaban J connectivity index is 0. The maximum Gasteiger partial charge on any atom is 0.524 e. The van der Waals surface area contributed by atoms with Gasteiger partial charge in [0.1, 0.15) is 5.75 Å². The summed E-state index contributed by atoms with van der Waals surface area (Å²) in [7, 11) is -12.4. The van der Waals surface area contributed by atoms with Gasteiger partial charge in [-0.3, -0.25) is 9.79 Å². The van der Waals surface area contributed by atoms with E-state index in [1.54, 1.807) is 0 Å². The number of hydrogen-bond donors (Lipinski definition) is 2. The van der Waals surface area contributed by atoms with Crippen LogP contribution in [0.5, 0.6) is 5.75 Å². The van der Waals surface area contributed by atoms with Crippen LogP contribution in [0, 0.1) is 0 Å². The van der Waals surface area contributed by atoms with E-state index in [2.05, 4.69) is 4.52 Å². The number of halogens is 2. The van der Waals surface area contributed by atoms with E-state index in [1.807, 2.05) is 0 Å². The molecule has 0 unspecified atom stereocenters. The summed E-state index contributed by atoms with van der Waals surface area (Å²) in [5, 5.41) is 0.0827. The minimum atomic E-state index is -4.96. The summed E-state index contributed by atoms with van der Waals surface area (Å²) in [5.41, 5.74) is 0.0651. The third kappa shape index (κ3) is 11.1. The number of carbonyl (C=O) groups excluding carboxylic acids is 1. The molecule has 0 saturated heterocycles. The fourth-order valence-electron chi connectivity index (χ4n) is 2.21. The Kier molecular flexibility index (Phi) is 15.1. The quantitative estimate of drug-likeness (QED) is 0.183. The van der Waals surface area contributed by atoms with E-state index in [1.165, 1.54) is 12.1 Å². The average molecular weight is 574 g/mol. The van der Waals surface area contributed by atoms with Crippen LogP contribution in [0.4, 0.5) is 4.79 Å². The van der Waals surface area contributed by atoms with Crippen molar-refractivity contribution in [2.45, 2.75) is 6.54 Å². The van der Waals surface area contributed by atoms with Crippen LogP contribution >= 0.6 is 31.0 Å². The monoisotopic (exact) mass is 573 g/mol. The van der Waals surface area contributed by atoms with Gasteiger partial charge in [0.05, 0.1) is 19.1 Å². The molecule has 0 fully saturated rings. The SMILES string of the molecule is CN(Cc1ccc(Cl)cc1OP(=O)(O)O)C(=O)N(N(CCCl)S(C)(=O)=O)S(C)(=O)=O.[Na].[Na]. The summed E-state index contributed by atoms with van der Waals surface area (Å²) in [6.07, 6.45) is 1.34. The van der Waals surface area contributed by atoms with Crippen molar-refractivity contribution in [1.29, 1.82) is 0 Å². The van der Waals surface area contributed by atoms with Gasteiger partial charge in [0.25, 0.3) is 10.0 Å². The van der Waals surface area contributed by atoms with Crippen molar-refractivity contribution in [2.24, 2.45) is 0 Å². The zero-order chi connectivity index (χ0) is 23.5. The molecule has 0 bridgehead atoms. The summed E-state index contributed by atoms with van der Waals surface area (Å²) in [6, 6.07) is 2.49. The van der Waals surface area contributed by atoms with Crippen molar-refractivity contribution in [2.75, 3.05) is 32.0 Å². The molecular formula is C13H20Cl2N3Na2O9PS2. The molecule has 2 amide bonds. The largest absolute Gasteiger partial charge is 0.524 e. The first-order valence-corrected chi connectivity index (χ1v) is 13.9. The zero-order valence-corrected chi connectivity index (χ0v) is 26.0. The van der Waals surface area contributed by atoms with E-state index in [0.717, 1.165) is 18.0 Å². The Morgan fingerprint density at radius 3 is 2.06 bits per heavy atom. The van der Waals surface area contributed by atoms with Crippen LogP contribution in [0.15, 0.2) is 18.2 Å². The second kappa shape index (κ2) is 13.8. The first-order chi connectivity index (χ1) is 13.5. The Bertz CT molecular complexity index is 1060. The summed E-state index contributed by atoms with van der Waals surface area (Å²) in [6.45, 7) is -0.906. The van der Waals surface area contributed by atoms with Crippen molar-refractivity contribution < 1.29 is 40.5 Å². The molecule has 0 aliphatic heterocycles. The van der Waals surface area contributed by atoms with Crippen molar-refractivity contribution in [1.82, 2.24) is 13.7 Å². The molecule has 1 aromatic carbocycles. The normalized spacial score (nSPS) is 11.9. The Morgan fingerprint density at radius 2 is 1.66 bits per heavy atom. The number of hydrazine groups is 1. The maximum absolute atomic E-state index is 12.8. The number of carbonyl (C=O) groups is 1. The molecule has 2 radical (unpaired) electrons. The first kappa shape index (κ1) is 35.0. The molecule has 0 heterocycles. The topological polar surface area (TPSA) is 162 Å². The standard InChI is InChI=1S/C13H20Cl2N3O9PS2.2Na/c1-16(9-10-4-5-11(15)8-12(10)27-28(20,21)22)13(19)18(30(3,25)26)17(7-6-14)29(2,23)24;;/h4-5,8H,6-7,9H2,1-3H3,(H2,20,21,22);;. The van der Waals surface area contributed by atoms with E-state index < -0.39 is 47.0 Å². The summed E-state index contributed by atoms with van der Waals surface area (Å²) >= 11 is 11.3. The molecule has 32 heavy (non-hydrogen) atoms. The molecule has 1 rings (SSSR count). The van der Waals surface area contributed by atoms with Gasteiger partial charge in [-0.25, -0.2) is 26.2 Å². The number of amides is 2. The number of urea groups is 1. The zero-order valence-electron chi connectivity index (χ0n) is 18.0. The van der Waals surface area contributed by atoms with Gasteiger partial charge < -0.3 is 9.42 Å². The van der Waals surface area contributed by atoms with E-state index >= 15 is 0 Å². The van der Waals surface area contributed by atoms with Gasteiger partial charge in [0, 0.05) is 89.2 Å². The number of hydrogen-bond acceptors (Lipinski definition) is 7. The molecule has 0 atom stereocenters. The summed E-state index contributed by atoms with van der Waals surface area (Å²) in [4.78, 5) is 31.7. The number of rotatable bonds is 9. The predicted molar refractivity (Wildman–Crippen MR) is 121 cm³/mol. The number of phosphoric acid groups is 1. The Labute approximate surface area is 241 Å². The van der Waals surface area contributed by atoms with Crippen LogP contribution < -0.4 is 4.52 Å². The fourth-order valence-corrected chi connectivity index (χ4v) is 5.38. The van der Waals surface area contributed by atoms with Crippen molar-refractivity contribution in [3.63, 3.8) is 0 Å². The van der Waals surface area contributed by atoms with Crippen molar-refractivity contribution >= 4 is 116 Å². The fraction of sp³-hybridized carbons (Fsp3) is 0.462. The van der Waals surface area contributed by atoms with Gasteiger partial charge in [-0.1, -0.05) is 22.1 Å². The predicted octanol–water partition coefficient (Wildman–Crippen LogP) is 0.279. The smallest absolute Gasteiger partial charge is 0.404 e. The number of benzene rings is 1. The maximum atomic E-state index is 12.8. The van der Waals surface area contributed by atoms with E-state index in [0.29, 0.717) is 16.9 Å². The van der Waals surface area contributed by atoms with Crippen molar-refractivity contribution in [3.05, 3.63) is 28.8 Å². The van der Waals surface area contributed by atoms with Crippen LogP contribution in [-0.2, 0) is 31.2 Å². The van der Waals surface area contributed by atoms with Crippen LogP contribution in [0.3, 0.4) is 0 Å². The molecular weight excluding hydrogens is 554 g/mol. The molecule has 1 aromatic rings. The molecule has 0 aromatic heterocycles. The molecule has 0 aliphatic carbocycles. The van der Waals surface area contributed by atoms with Gasteiger partial charge in [-0.2, -0.15) is 0 Å². The van der Waals surface area contributed by atoms with Gasteiger partial charge in [0.15, 0.2) is 0 Å². The first-order valence-electron chi connectivity index (χ1n) is 7.80. The summed E-state index contributed by atoms with van der Waals surface area (Å²) < 4.78 is 64.5. The number of alkyl halides is 1.